The molecule has 0 aliphatic carbocycles. The maximum Gasteiger partial charge on any atom is 0.227 e. The van der Waals surface area contributed by atoms with Crippen LogP contribution in [0.4, 0.5) is 5.69 Å². The van der Waals surface area contributed by atoms with E-state index in [2.05, 4.69) is 28.4 Å². The van der Waals surface area contributed by atoms with Crippen LogP contribution in [0.5, 0.6) is 5.75 Å². The number of nitrogens with zero attached hydrogens (tertiary/aromatic N) is 1. The molecule has 0 aliphatic rings. The van der Waals surface area contributed by atoms with Gasteiger partial charge in [0.1, 0.15) is 5.75 Å². The van der Waals surface area contributed by atoms with Crippen molar-refractivity contribution in [3.8, 4) is 5.75 Å². The third kappa shape index (κ3) is 4.40. The molecule has 0 spiro atoms. The molecule has 3 rings (SSSR count). The van der Waals surface area contributed by atoms with Gasteiger partial charge in [-0.25, -0.2) is 0 Å². The lowest BCUT2D eigenvalue weighted by atomic mass is 9.97. The Morgan fingerprint density at radius 1 is 1.00 bits per heavy atom. The van der Waals surface area contributed by atoms with Gasteiger partial charge < -0.3 is 15.0 Å². The third-order valence-corrected chi connectivity index (χ3v) is 4.88. The molecule has 0 heterocycles. The lowest BCUT2D eigenvalue weighted by Crippen LogP contribution is -2.27. The van der Waals surface area contributed by atoms with E-state index >= 15 is 0 Å². The molecule has 0 unspecified atom stereocenters. The first-order valence-electron chi connectivity index (χ1n) is 9.09. The molecule has 0 saturated heterocycles. The van der Waals surface area contributed by atoms with Gasteiger partial charge in [-0.1, -0.05) is 36.4 Å². The highest BCUT2D eigenvalue weighted by Crippen LogP contribution is 2.25. The van der Waals surface area contributed by atoms with Crippen LogP contribution in [0, 0.1) is 0 Å². The number of carbonyl (C=O) groups excluding carboxylic acids is 1. The highest BCUT2D eigenvalue weighted by Gasteiger charge is 2.15. The van der Waals surface area contributed by atoms with Gasteiger partial charge in [0, 0.05) is 26.3 Å². The molecular weight excluding hydrogens is 336 g/mol. The smallest absolute Gasteiger partial charge is 0.227 e. The summed E-state index contributed by atoms with van der Waals surface area (Å²) in [4.78, 5) is 14.6. The molecule has 1 atom stereocenters. The standard InChI is InChI=1S/C23H26N2O2/c1-16(18-7-8-20-14-22(27-4)12-9-19(20)13-18)23(26)24-15-17-5-10-21(11-6-17)25(2)3/h5-14,16H,15H2,1-4H3,(H,24,26)/t16-/m0/s1. The summed E-state index contributed by atoms with van der Waals surface area (Å²) in [7, 11) is 5.69. The van der Waals surface area contributed by atoms with Crippen molar-refractivity contribution in [2.75, 3.05) is 26.1 Å². The summed E-state index contributed by atoms with van der Waals surface area (Å²) in [6, 6.07) is 20.3. The lowest BCUT2D eigenvalue weighted by molar-refractivity contribution is -0.122. The largest absolute Gasteiger partial charge is 0.497 e. The number of hydrogen-bond donors (Lipinski definition) is 1. The second-order valence-corrected chi connectivity index (χ2v) is 6.97. The first-order chi connectivity index (χ1) is 13.0. The molecule has 0 bridgehead atoms. The monoisotopic (exact) mass is 362 g/mol. The Bertz CT molecular complexity index is 933. The van der Waals surface area contributed by atoms with Crippen LogP contribution >= 0.6 is 0 Å². The molecule has 1 N–H and O–H groups in total. The van der Waals surface area contributed by atoms with Gasteiger partial charge >= 0.3 is 0 Å². The Hall–Kier alpha value is -3.01. The molecule has 0 aliphatic heterocycles. The van der Waals surface area contributed by atoms with Crippen molar-refractivity contribution in [1.29, 1.82) is 0 Å². The van der Waals surface area contributed by atoms with Crippen LogP contribution in [0.2, 0.25) is 0 Å². The van der Waals surface area contributed by atoms with Crippen molar-refractivity contribution in [2.45, 2.75) is 19.4 Å². The number of ether oxygens (including phenoxy) is 1. The quantitative estimate of drug-likeness (QED) is 0.709. The second-order valence-electron chi connectivity index (χ2n) is 6.97. The highest BCUT2D eigenvalue weighted by molar-refractivity contribution is 5.88. The average Bonchev–Trinajstić information content (AvgIpc) is 2.70. The van der Waals surface area contributed by atoms with E-state index in [0.717, 1.165) is 33.3 Å². The van der Waals surface area contributed by atoms with Crippen LogP contribution in [0.1, 0.15) is 24.0 Å². The van der Waals surface area contributed by atoms with Gasteiger partial charge in [-0.3, -0.25) is 4.79 Å². The number of amides is 1. The van der Waals surface area contributed by atoms with Crippen molar-refractivity contribution in [1.82, 2.24) is 5.32 Å². The summed E-state index contributed by atoms with van der Waals surface area (Å²) in [5.74, 6) is 0.651. The molecule has 0 aromatic heterocycles. The lowest BCUT2D eigenvalue weighted by Gasteiger charge is -2.15. The molecule has 27 heavy (non-hydrogen) atoms. The zero-order valence-electron chi connectivity index (χ0n) is 16.3. The predicted octanol–water partition coefficient (Wildman–Crippen LogP) is 4.33. The Kier molecular flexibility index (Phi) is 5.65. The first kappa shape index (κ1) is 18.8. The minimum Gasteiger partial charge on any atom is -0.497 e. The van der Waals surface area contributed by atoms with Crippen LogP contribution < -0.4 is 15.0 Å². The zero-order chi connectivity index (χ0) is 19.4. The van der Waals surface area contributed by atoms with E-state index in [1.54, 1.807) is 7.11 Å². The fraction of sp³-hybridized carbons (Fsp3) is 0.261. The number of anilines is 1. The van der Waals surface area contributed by atoms with Gasteiger partial charge in [0.25, 0.3) is 0 Å². The molecular formula is C23H26N2O2. The predicted molar refractivity (Wildman–Crippen MR) is 112 cm³/mol. The van der Waals surface area contributed by atoms with Crippen LogP contribution in [-0.2, 0) is 11.3 Å². The highest BCUT2D eigenvalue weighted by atomic mass is 16.5. The number of nitrogens with one attached hydrogen (secondary N) is 1. The maximum absolute atomic E-state index is 12.6. The number of rotatable bonds is 6. The minimum absolute atomic E-state index is 0.0274. The molecule has 4 nitrogen and oxygen atoms in total. The fourth-order valence-corrected chi connectivity index (χ4v) is 3.04. The van der Waals surface area contributed by atoms with Crippen molar-refractivity contribution in [3.63, 3.8) is 0 Å². The van der Waals surface area contributed by atoms with Gasteiger partial charge in [0.2, 0.25) is 5.91 Å². The Morgan fingerprint density at radius 2 is 1.67 bits per heavy atom. The molecule has 1 amide bonds. The Balaban J connectivity index is 1.66. The molecule has 4 heteroatoms. The maximum atomic E-state index is 12.6. The van der Waals surface area contributed by atoms with Gasteiger partial charge in [-0.05, 0) is 53.1 Å². The van der Waals surface area contributed by atoms with E-state index in [9.17, 15) is 4.79 Å². The molecule has 3 aromatic rings. The summed E-state index contributed by atoms with van der Waals surface area (Å²) in [6.45, 7) is 2.47. The minimum atomic E-state index is -0.211. The number of methoxy groups -OCH3 is 1. The van der Waals surface area contributed by atoms with Gasteiger partial charge in [0.15, 0.2) is 0 Å². The van der Waals surface area contributed by atoms with E-state index < -0.39 is 0 Å². The van der Waals surface area contributed by atoms with Crippen LogP contribution in [-0.4, -0.2) is 27.1 Å². The molecule has 3 aromatic carbocycles. The fourth-order valence-electron chi connectivity index (χ4n) is 3.04. The summed E-state index contributed by atoms with van der Waals surface area (Å²) in [5, 5.41) is 5.25. The van der Waals surface area contributed by atoms with Crippen molar-refractivity contribution in [2.24, 2.45) is 0 Å². The van der Waals surface area contributed by atoms with Crippen molar-refractivity contribution in [3.05, 3.63) is 71.8 Å². The topological polar surface area (TPSA) is 41.6 Å². The summed E-state index contributed by atoms with van der Waals surface area (Å²) in [6.07, 6.45) is 0. The SMILES string of the molecule is COc1ccc2cc([C@H](C)C(=O)NCc3ccc(N(C)C)cc3)ccc2c1. The van der Waals surface area contributed by atoms with Crippen molar-refractivity contribution >= 4 is 22.4 Å². The van der Waals surface area contributed by atoms with E-state index in [0.29, 0.717) is 6.54 Å². The van der Waals surface area contributed by atoms with Crippen molar-refractivity contribution < 1.29 is 9.53 Å². The van der Waals surface area contributed by atoms with E-state index in [1.807, 2.05) is 63.5 Å². The van der Waals surface area contributed by atoms with E-state index in [1.165, 1.54) is 0 Å². The first-order valence-corrected chi connectivity index (χ1v) is 9.09. The van der Waals surface area contributed by atoms with Crippen LogP contribution in [0.3, 0.4) is 0 Å². The summed E-state index contributed by atoms with van der Waals surface area (Å²) in [5.41, 5.74) is 3.24. The average molecular weight is 362 g/mol. The zero-order valence-corrected chi connectivity index (χ0v) is 16.3. The van der Waals surface area contributed by atoms with Crippen LogP contribution in [0.25, 0.3) is 10.8 Å². The molecule has 0 radical (unpaired) electrons. The van der Waals surface area contributed by atoms with Gasteiger partial charge in [-0.15, -0.1) is 0 Å². The number of benzene rings is 3. The Labute approximate surface area is 160 Å². The molecule has 0 saturated carbocycles. The molecule has 0 fully saturated rings. The summed E-state index contributed by atoms with van der Waals surface area (Å²) < 4.78 is 5.27. The normalized spacial score (nSPS) is 11.9. The van der Waals surface area contributed by atoms with Gasteiger partial charge in [-0.2, -0.15) is 0 Å². The Morgan fingerprint density at radius 3 is 2.33 bits per heavy atom. The van der Waals surface area contributed by atoms with E-state index in [4.69, 9.17) is 4.74 Å². The molecule has 140 valence electrons. The van der Waals surface area contributed by atoms with Gasteiger partial charge in [0.05, 0.1) is 13.0 Å². The van der Waals surface area contributed by atoms with Crippen LogP contribution in [0.15, 0.2) is 60.7 Å². The third-order valence-electron chi connectivity index (χ3n) is 4.88. The van der Waals surface area contributed by atoms with E-state index in [-0.39, 0.29) is 11.8 Å². The number of hydrogen-bond acceptors (Lipinski definition) is 3. The second kappa shape index (κ2) is 8.12. The number of fused-ring (bicyclic) bond motifs is 1. The number of carbonyl (C=O) groups is 1. The summed E-state index contributed by atoms with van der Waals surface area (Å²) >= 11 is 0.